The number of H-pyrrole nitrogens is 1. The average molecular weight is 473 g/mol. The van der Waals surface area contributed by atoms with E-state index in [4.69, 9.17) is 0 Å². The summed E-state index contributed by atoms with van der Waals surface area (Å²) in [6, 6.07) is 5.43. The number of nitrogens with zero attached hydrogens (tertiary/aromatic N) is 3. The van der Waals surface area contributed by atoms with Gasteiger partial charge in [0.05, 0.1) is 5.56 Å². The van der Waals surface area contributed by atoms with Crippen LogP contribution in [0.1, 0.15) is 56.2 Å². The number of nitrogens with one attached hydrogen (secondary N) is 3. The summed E-state index contributed by atoms with van der Waals surface area (Å²) in [5, 5.41) is 0. The molecule has 34 heavy (non-hydrogen) atoms. The van der Waals surface area contributed by atoms with Crippen LogP contribution in [0.2, 0.25) is 0 Å². The molecule has 11 heteroatoms. The second kappa shape index (κ2) is 10.9. The molecular formula is C23H29FN6O4. The quantitative estimate of drug-likeness (QED) is 0.409. The first-order valence-electron chi connectivity index (χ1n) is 11.3. The summed E-state index contributed by atoms with van der Waals surface area (Å²) < 4.78 is 16.9. The topological polar surface area (TPSA) is 131 Å². The van der Waals surface area contributed by atoms with Crippen molar-refractivity contribution in [3.8, 4) is 0 Å². The molecule has 10 nitrogen and oxygen atoms in total. The number of unbranched alkanes of at least 4 members (excludes halogenated alkanes) is 1. The molecule has 0 fully saturated rings. The van der Waals surface area contributed by atoms with Crippen LogP contribution in [0.15, 0.2) is 33.9 Å². The largest absolute Gasteiger partial charge is 0.330 e. The summed E-state index contributed by atoms with van der Waals surface area (Å²) in [4.78, 5) is 56.4. The van der Waals surface area contributed by atoms with E-state index < -0.39 is 28.9 Å². The van der Waals surface area contributed by atoms with Crippen LogP contribution in [0.5, 0.6) is 0 Å². The minimum atomic E-state index is -0.773. The molecular weight excluding hydrogens is 443 g/mol. The van der Waals surface area contributed by atoms with Crippen LogP contribution in [0.25, 0.3) is 11.2 Å². The van der Waals surface area contributed by atoms with E-state index in [0.717, 1.165) is 18.9 Å². The Hall–Kier alpha value is -3.76. The molecule has 0 aliphatic carbocycles. The van der Waals surface area contributed by atoms with Crippen LogP contribution >= 0.6 is 0 Å². The predicted octanol–water partition coefficient (Wildman–Crippen LogP) is 1.88. The van der Waals surface area contributed by atoms with Crippen LogP contribution in [0.3, 0.4) is 0 Å². The number of rotatable bonds is 9. The van der Waals surface area contributed by atoms with Gasteiger partial charge in [0, 0.05) is 25.9 Å². The lowest BCUT2D eigenvalue weighted by Crippen LogP contribution is -2.42. The Balaban J connectivity index is 1.80. The maximum Gasteiger partial charge on any atom is 0.330 e. The number of carbonyl (C=O) groups is 2. The first-order valence-corrected chi connectivity index (χ1v) is 11.3. The van der Waals surface area contributed by atoms with Crippen molar-refractivity contribution in [2.45, 2.75) is 59.5 Å². The molecule has 0 aliphatic heterocycles. The average Bonchev–Trinajstić information content (AvgIpc) is 3.14. The van der Waals surface area contributed by atoms with Gasteiger partial charge in [0.1, 0.15) is 11.6 Å². The summed E-state index contributed by atoms with van der Waals surface area (Å²) in [5.74, 6) is -1.31. The Labute approximate surface area is 195 Å². The standard InChI is InChI=1S/C23H29FN6O4/c1-4-5-12-29-20-19(22(33)26-23(29)34)30(13-14(2)3)17(25-20)10-11-18(31)27-28-21(32)15-8-6-7-9-16(15)24/h6-9,14H,4-5,10-13H2,1-3H3,(H,27,31)(H,28,32)(H,26,33,34). The molecule has 2 aromatic heterocycles. The first-order chi connectivity index (χ1) is 16.2. The van der Waals surface area contributed by atoms with Crippen molar-refractivity contribution in [3.63, 3.8) is 0 Å². The monoisotopic (exact) mass is 472 g/mol. The fourth-order valence-electron chi connectivity index (χ4n) is 3.62. The molecule has 2 heterocycles. The van der Waals surface area contributed by atoms with Gasteiger partial charge in [-0.3, -0.25) is 34.8 Å². The Bertz CT molecular complexity index is 1310. The number of amides is 2. The molecule has 3 N–H and O–H groups in total. The third kappa shape index (κ3) is 5.59. The summed E-state index contributed by atoms with van der Waals surface area (Å²) in [7, 11) is 0. The molecule has 0 saturated carbocycles. The van der Waals surface area contributed by atoms with Gasteiger partial charge in [0.2, 0.25) is 5.91 Å². The van der Waals surface area contributed by atoms with Crippen molar-refractivity contribution < 1.29 is 14.0 Å². The van der Waals surface area contributed by atoms with E-state index >= 15 is 0 Å². The molecule has 3 aromatic rings. The lowest BCUT2D eigenvalue weighted by Gasteiger charge is -2.12. The number of fused-ring (bicyclic) bond motifs is 1. The number of imidazole rings is 1. The summed E-state index contributed by atoms with van der Waals surface area (Å²) >= 11 is 0. The number of aryl methyl sites for hydroxylation is 2. The van der Waals surface area contributed by atoms with E-state index in [2.05, 4.69) is 20.8 Å². The highest BCUT2D eigenvalue weighted by Gasteiger charge is 2.20. The molecule has 0 spiro atoms. The predicted molar refractivity (Wildman–Crippen MR) is 125 cm³/mol. The molecule has 0 unspecified atom stereocenters. The number of hydrazine groups is 1. The maximum absolute atomic E-state index is 13.7. The summed E-state index contributed by atoms with van der Waals surface area (Å²) in [6.45, 7) is 6.87. The molecule has 0 bridgehead atoms. The highest BCUT2D eigenvalue weighted by molar-refractivity contribution is 5.95. The van der Waals surface area contributed by atoms with E-state index in [9.17, 15) is 23.6 Å². The van der Waals surface area contributed by atoms with Gasteiger partial charge >= 0.3 is 5.69 Å². The summed E-state index contributed by atoms with van der Waals surface area (Å²) in [5.41, 5.74) is 3.83. The van der Waals surface area contributed by atoms with Crippen LogP contribution in [0.4, 0.5) is 4.39 Å². The minimum Gasteiger partial charge on any atom is -0.322 e. The van der Waals surface area contributed by atoms with Crippen molar-refractivity contribution >= 4 is 23.0 Å². The smallest absolute Gasteiger partial charge is 0.322 e. The first kappa shape index (κ1) is 24.9. The third-order valence-corrected chi connectivity index (χ3v) is 5.26. The Morgan fingerprint density at radius 2 is 1.88 bits per heavy atom. The van der Waals surface area contributed by atoms with Crippen molar-refractivity contribution in [1.29, 1.82) is 0 Å². The van der Waals surface area contributed by atoms with E-state index in [1.54, 1.807) is 4.57 Å². The van der Waals surface area contributed by atoms with E-state index in [1.165, 1.54) is 22.8 Å². The van der Waals surface area contributed by atoms with Crippen LogP contribution in [0, 0.1) is 11.7 Å². The highest BCUT2D eigenvalue weighted by Crippen LogP contribution is 2.16. The van der Waals surface area contributed by atoms with Gasteiger partial charge < -0.3 is 4.57 Å². The molecule has 0 radical (unpaired) electrons. The number of carbonyl (C=O) groups excluding carboxylic acids is 2. The Morgan fingerprint density at radius 3 is 2.56 bits per heavy atom. The zero-order valence-corrected chi connectivity index (χ0v) is 19.5. The Morgan fingerprint density at radius 1 is 1.15 bits per heavy atom. The highest BCUT2D eigenvalue weighted by atomic mass is 19.1. The number of hydrogen-bond donors (Lipinski definition) is 3. The second-order valence-electron chi connectivity index (χ2n) is 8.45. The zero-order valence-electron chi connectivity index (χ0n) is 19.5. The van der Waals surface area contributed by atoms with E-state index in [-0.39, 0.29) is 24.3 Å². The molecule has 3 rings (SSSR count). The van der Waals surface area contributed by atoms with Gasteiger partial charge in [-0.1, -0.05) is 39.3 Å². The van der Waals surface area contributed by atoms with Crippen LogP contribution in [-0.4, -0.2) is 30.9 Å². The van der Waals surface area contributed by atoms with Crippen molar-refractivity contribution in [2.75, 3.05) is 0 Å². The fourth-order valence-corrected chi connectivity index (χ4v) is 3.62. The van der Waals surface area contributed by atoms with Gasteiger partial charge in [0.15, 0.2) is 11.2 Å². The van der Waals surface area contributed by atoms with Crippen LogP contribution < -0.4 is 22.1 Å². The Kier molecular flexibility index (Phi) is 7.98. The molecule has 0 saturated heterocycles. The van der Waals surface area contributed by atoms with Gasteiger partial charge in [-0.15, -0.1) is 0 Å². The van der Waals surface area contributed by atoms with Gasteiger partial charge in [0.25, 0.3) is 11.5 Å². The normalized spacial score (nSPS) is 11.2. The molecule has 2 amide bonds. The number of hydrogen-bond acceptors (Lipinski definition) is 5. The van der Waals surface area contributed by atoms with Crippen LogP contribution in [-0.2, 0) is 24.3 Å². The van der Waals surface area contributed by atoms with Crippen molar-refractivity contribution in [2.24, 2.45) is 5.92 Å². The minimum absolute atomic E-state index is 0.0456. The summed E-state index contributed by atoms with van der Waals surface area (Å²) in [6.07, 6.45) is 1.74. The lowest BCUT2D eigenvalue weighted by molar-refractivity contribution is -0.121. The number of benzene rings is 1. The van der Waals surface area contributed by atoms with Gasteiger partial charge in [-0.25, -0.2) is 14.2 Å². The molecule has 182 valence electrons. The number of aromatic amines is 1. The van der Waals surface area contributed by atoms with Gasteiger partial charge in [-0.2, -0.15) is 0 Å². The molecule has 0 atom stereocenters. The van der Waals surface area contributed by atoms with E-state index in [1.807, 2.05) is 20.8 Å². The number of aromatic nitrogens is 4. The van der Waals surface area contributed by atoms with Crippen molar-refractivity contribution in [1.82, 2.24) is 30.0 Å². The molecule has 1 aromatic carbocycles. The maximum atomic E-state index is 13.7. The number of halogens is 1. The SMILES string of the molecule is CCCCn1c(=O)[nH]c(=O)c2c1nc(CCC(=O)NNC(=O)c1ccccc1F)n2CC(C)C. The third-order valence-electron chi connectivity index (χ3n) is 5.26. The second-order valence-corrected chi connectivity index (χ2v) is 8.45. The lowest BCUT2D eigenvalue weighted by atomic mass is 10.2. The molecule has 0 aliphatic rings. The van der Waals surface area contributed by atoms with Crippen molar-refractivity contribution in [3.05, 3.63) is 62.3 Å². The van der Waals surface area contributed by atoms with E-state index in [0.29, 0.717) is 30.1 Å². The zero-order chi connectivity index (χ0) is 24.8. The van der Waals surface area contributed by atoms with Gasteiger partial charge in [-0.05, 0) is 24.5 Å². The fraction of sp³-hybridized carbons (Fsp3) is 0.435.